The van der Waals surface area contributed by atoms with Gasteiger partial charge in [-0.1, -0.05) is 39.0 Å². The zero-order valence-corrected chi connectivity index (χ0v) is 21.9. The first kappa shape index (κ1) is 27.3. The number of hydrogen-bond donors (Lipinski definition) is 2. The second kappa shape index (κ2) is 13.7. The highest BCUT2D eigenvalue weighted by molar-refractivity contribution is 5.97. The van der Waals surface area contributed by atoms with Gasteiger partial charge in [-0.2, -0.15) is 5.10 Å². The number of fused-ring (bicyclic) bond motifs is 2. The Hall–Kier alpha value is -4.24. The van der Waals surface area contributed by atoms with Crippen LogP contribution >= 0.6 is 0 Å². The van der Waals surface area contributed by atoms with Crippen molar-refractivity contribution in [1.29, 1.82) is 0 Å². The summed E-state index contributed by atoms with van der Waals surface area (Å²) in [6.07, 6.45) is 5.34. The van der Waals surface area contributed by atoms with E-state index in [1.165, 1.54) is 5.69 Å². The van der Waals surface area contributed by atoms with Crippen LogP contribution < -0.4 is 15.8 Å². The first-order chi connectivity index (χ1) is 18.1. The maximum Gasteiger partial charge on any atom is 0.213 e. The van der Waals surface area contributed by atoms with Crippen molar-refractivity contribution in [1.82, 2.24) is 24.1 Å². The monoisotopic (exact) mass is 501 g/mol. The number of rotatable bonds is 8. The number of aryl methyl sites for hydroxylation is 2. The molecule has 0 saturated carbocycles. The lowest BCUT2D eigenvalue weighted by atomic mass is 10.1. The Morgan fingerprint density at radius 1 is 1.08 bits per heavy atom. The number of nitrogens with one attached hydrogen (secondary N) is 1. The van der Waals surface area contributed by atoms with Gasteiger partial charge < -0.3 is 20.2 Å². The number of benzene rings is 1. The molecule has 194 valence electrons. The molecule has 0 aliphatic carbocycles. The fourth-order valence-corrected chi connectivity index (χ4v) is 3.86. The van der Waals surface area contributed by atoms with Crippen LogP contribution in [0.15, 0.2) is 67.0 Å². The summed E-state index contributed by atoms with van der Waals surface area (Å²) >= 11 is 0. The molecule has 4 heterocycles. The Labute approximate surface area is 217 Å². The summed E-state index contributed by atoms with van der Waals surface area (Å²) in [6, 6.07) is 17.4. The zero-order chi connectivity index (χ0) is 26.6. The summed E-state index contributed by atoms with van der Waals surface area (Å²) in [5.74, 6) is 0.554. The van der Waals surface area contributed by atoms with Gasteiger partial charge in [0.05, 0.1) is 29.1 Å². The fraction of sp³-hybridized carbons (Fsp3) is 0.286. The molecule has 0 unspecified atom stereocenters. The van der Waals surface area contributed by atoms with Gasteiger partial charge >= 0.3 is 0 Å². The molecule has 0 radical (unpaired) electrons. The van der Waals surface area contributed by atoms with E-state index in [4.69, 9.17) is 15.6 Å². The van der Waals surface area contributed by atoms with Crippen LogP contribution in [0, 0.1) is 6.92 Å². The molecule has 1 aromatic carbocycles. The molecule has 5 aromatic rings. The standard InChI is InChI=1S/C18H21N5O2.C8H8N2.C2H6/c1-2-14-18-15(20-12-24)6-4-7-16(18)23(22-14)11-13-5-3-8-17(21-13)25-10-9-19;1-7-6-9-8-4-2-3-5-10(7)8;1-2/h3-8,12H,2,9-11,19H2,1H3,(H,20,24);2-6H,1H3;1-2H3. The third-order valence-electron chi connectivity index (χ3n) is 5.46. The van der Waals surface area contributed by atoms with Crippen LogP contribution in [-0.2, 0) is 17.8 Å². The molecule has 3 N–H and O–H groups in total. The van der Waals surface area contributed by atoms with E-state index in [1.807, 2.05) is 99.4 Å². The number of aromatic nitrogens is 5. The van der Waals surface area contributed by atoms with Gasteiger partial charge in [-0.25, -0.2) is 9.97 Å². The number of nitrogens with two attached hydrogens (primary N) is 1. The van der Waals surface area contributed by atoms with Crippen molar-refractivity contribution in [2.24, 2.45) is 5.73 Å². The fourth-order valence-electron chi connectivity index (χ4n) is 3.86. The Morgan fingerprint density at radius 3 is 2.62 bits per heavy atom. The van der Waals surface area contributed by atoms with E-state index in [0.29, 0.717) is 32.0 Å². The van der Waals surface area contributed by atoms with Crippen LogP contribution in [0.1, 0.15) is 37.9 Å². The van der Waals surface area contributed by atoms with Crippen LogP contribution in [0.25, 0.3) is 16.6 Å². The van der Waals surface area contributed by atoms with Crippen LogP contribution in [0.3, 0.4) is 0 Å². The molecule has 37 heavy (non-hydrogen) atoms. The number of carbonyl (C=O) groups is 1. The number of anilines is 1. The van der Waals surface area contributed by atoms with E-state index in [1.54, 1.807) is 0 Å². The van der Waals surface area contributed by atoms with Crippen LogP contribution in [-0.4, -0.2) is 43.7 Å². The number of nitrogens with zero attached hydrogens (tertiary/aromatic N) is 5. The minimum Gasteiger partial charge on any atom is -0.476 e. The highest BCUT2D eigenvalue weighted by Crippen LogP contribution is 2.27. The summed E-state index contributed by atoms with van der Waals surface area (Å²) in [5, 5.41) is 8.42. The van der Waals surface area contributed by atoms with E-state index in [0.717, 1.165) is 40.0 Å². The molecule has 5 rings (SSSR count). The SMILES string of the molecule is CC.CCc1nn(Cc2cccc(OCCN)n2)c2cccc(NC=O)c12.Cc1cnc2ccccn12. The molecule has 4 aromatic heterocycles. The summed E-state index contributed by atoms with van der Waals surface area (Å²) in [6.45, 7) is 9.48. The van der Waals surface area contributed by atoms with Crippen molar-refractivity contribution in [2.45, 2.75) is 40.7 Å². The Balaban J connectivity index is 0.000000262. The van der Waals surface area contributed by atoms with Gasteiger partial charge in [0.2, 0.25) is 12.3 Å². The van der Waals surface area contributed by atoms with E-state index in [9.17, 15) is 4.79 Å². The highest BCUT2D eigenvalue weighted by Gasteiger charge is 2.14. The Bertz CT molecular complexity index is 1420. The van der Waals surface area contributed by atoms with Gasteiger partial charge in [-0.05, 0) is 43.7 Å². The molecule has 1 amide bonds. The predicted octanol–water partition coefficient (Wildman–Crippen LogP) is 4.62. The molecule has 0 aliphatic rings. The lowest BCUT2D eigenvalue weighted by molar-refractivity contribution is -0.105. The number of carbonyl (C=O) groups excluding carboxylic acids is 1. The number of amides is 1. The van der Waals surface area contributed by atoms with Crippen LogP contribution in [0.2, 0.25) is 0 Å². The van der Waals surface area contributed by atoms with Crippen molar-refractivity contribution in [3.63, 3.8) is 0 Å². The lowest BCUT2D eigenvalue weighted by Gasteiger charge is -2.07. The van der Waals surface area contributed by atoms with Gasteiger partial charge in [-0.15, -0.1) is 0 Å². The summed E-state index contributed by atoms with van der Waals surface area (Å²) in [7, 11) is 0. The van der Waals surface area contributed by atoms with Gasteiger partial charge in [0, 0.05) is 36.1 Å². The first-order valence-electron chi connectivity index (χ1n) is 12.5. The van der Waals surface area contributed by atoms with E-state index >= 15 is 0 Å². The molecule has 0 atom stereocenters. The highest BCUT2D eigenvalue weighted by atomic mass is 16.5. The second-order valence-corrected chi connectivity index (χ2v) is 7.85. The number of pyridine rings is 2. The number of imidazole rings is 1. The van der Waals surface area contributed by atoms with E-state index in [-0.39, 0.29) is 0 Å². The Morgan fingerprint density at radius 2 is 1.89 bits per heavy atom. The third-order valence-corrected chi connectivity index (χ3v) is 5.46. The smallest absolute Gasteiger partial charge is 0.213 e. The molecule has 0 fully saturated rings. The normalized spacial score (nSPS) is 10.3. The van der Waals surface area contributed by atoms with Crippen LogP contribution in [0.4, 0.5) is 5.69 Å². The van der Waals surface area contributed by atoms with Crippen molar-refractivity contribution in [3.05, 3.63) is 84.1 Å². The third kappa shape index (κ3) is 6.71. The van der Waals surface area contributed by atoms with Crippen molar-refractivity contribution in [2.75, 3.05) is 18.5 Å². The lowest BCUT2D eigenvalue weighted by Crippen LogP contribution is -2.12. The predicted molar refractivity (Wildman–Crippen MR) is 148 cm³/mol. The van der Waals surface area contributed by atoms with Gasteiger partial charge in [0.15, 0.2) is 0 Å². The topological polar surface area (TPSA) is 112 Å². The summed E-state index contributed by atoms with van der Waals surface area (Å²) in [5.41, 5.74) is 11.2. The van der Waals surface area contributed by atoms with E-state index in [2.05, 4.69) is 19.7 Å². The largest absolute Gasteiger partial charge is 0.476 e. The number of hydrogen-bond acceptors (Lipinski definition) is 6. The molecule has 0 bridgehead atoms. The zero-order valence-electron chi connectivity index (χ0n) is 21.9. The van der Waals surface area contributed by atoms with Crippen molar-refractivity contribution in [3.8, 4) is 5.88 Å². The van der Waals surface area contributed by atoms with Gasteiger partial charge in [-0.3, -0.25) is 9.48 Å². The van der Waals surface area contributed by atoms with E-state index < -0.39 is 0 Å². The molecular formula is C28H35N7O2. The molecule has 0 saturated heterocycles. The average Bonchev–Trinajstić information content (AvgIpc) is 3.50. The molecule has 0 aliphatic heterocycles. The minimum atomic E-state index is 0.432. The average molecular weight is 502 g/mol. The van der Waals surface area contributed by atoms with Gasteiger partial charge in [0.1, 0.15) is 12.3 Å². The Kier molecular flexibility index (Phi) is 10.2. The molecule has 9 nitrogen and oxygen atoms in total. The quantitative estimate of drug-likeness (QED) is 0.300. The molecule has 9 heteroatoms. The summed E-state index contributed by atoms with van der Waals surface area (Å²) in [4.78, 5) is 19.5. The summed E-state index contributed by atoms with van der Waals surface area (Å²) < 4.78 is 9.44. The molecular weight excluding hydrogens is 466 g/mol. The molecule has 0 spiro atoms. The first-order valence-corrected chi connectivity index (χ1v) is 12.5. The second-order valence-electron chi connectivity index (χ2n) is 7.85. The number of ether oxygens (including phenoxy) is 1. The van der Waals surface area contributed by atoms with Crippen LogP contribution in [0.5, 0.6) is 5.88 Å². The van der Waals surface area contributed by atoms with Gasteiger partial charge in [0.25, 0.3) is 0 Å². The maximum absolute atomic E-state index is 10.9. The maximum atomic E-state index is 10.9. The van der Waals surface area contributed by atoms with Crippen molar-refractivity contribution >= 4 is 28.6 Å². The minimum absolute atomic E-state index is 0.432. The van der Waals surface area contributed by atoms with Crippen molar-refractivity contribution < 1.29 is 9.53 Å².